The van der Waals surface area contributed by atoms with Crippen LogP contribution in [0, 0.1) is 12.8 Å². The standard InChI is InChI=1S/C22H29BN4O5S/c1-14(2)9-19(23(30)31)26-21(29)22(10-16-7-5-4-6-8-16)11-17(27-32-22)12-24-20(28)18-13-33-15(3)25-18/h4-8,13-14,19,30-31H,9-12H2,1-3H3,(H,24,28)(H,26,29). The van der Waals surface area contributed by atoms with Gasteiger partial charge in [-0.05, 0) is 24.8 Å². The van der Waals surface area contributed by atoms with Gasteiger partial charge in [0.2, 0.25) is 5.60 Å². The Bertz CT molecular complexity index is 998. The summed E-state index contributed by atoms with van der Waals surface area (Å²) in [6.07, 6.45) is 0.781. The number of rotatable bonds is 10. The summed E-state index contributed by atoms with van der Waals surface area (Å²) in [5.74, 6) is -1.51. The first-order chi connectivity index (χ1) is 15.7. The zero-order chi connectivity index (χ0) is 24.0. The van der Waals surface area contributed by atoms with Crippen molar-refractivity contribution in [3.05, 3.63) is 52.0 Å². The third-order valence-electron chi connectivity index (χ3n) is 5.29. The van der Waals surface area contributed by atoms with Crippen molar-refractivity contribution in [3.63, 3.8) is 0 Å². The van der Waals surface area contributed by atoms with E-state index in [1.165, 1.54) is 11.3 Å². The summed E-state index contributed by atoms with van der Waals surface area (Å²) in [5, 5.41) is 31.6. The van der Waals surface area contributed by atoms with Gasteiger partial charge in [0.15, 0.2) is 0 Å². The summed E-state index contributed by atoms with van der Waals surface area (Å²) in [5.41, 5.74) is 0.351. The summed E-state index contributed by atoms with van der Waals surface area (Å²) in [4.78, 5) is 35.5. The summed E-state index contributed by atoms with van der Waals surface area (Å²) >= 11 is 1.39. The summed E-state index contributed by atoms with van der Waals surface area (Å²) < 4.78 is 0. The predicted octanol–water partition coefficient (Wildman–Crippen LogP) is 1.48. The number of aryl methyl sites for hydroxylation is 1. The van der Waals surface area contributed by atoms with E-state index in [1.54, 1.807) is 5.38 Å². The first-order valence-corrected chi connectivity index (χ1v) is 11.7. The number of oxime groups is 1. The molecule has 3 rings (SSSR count). The predicted molar refractivity (Wildman–Crippen MR) is 127 cm³/mol. The largest absolute Gasteiger partial charge is 0.475 e. The van der Waals surface area contributed by atoms with Crippen LogP contribution in [0.1, 0.15) is 47.7 Å². The molecule has 2 unspecified atom stereocenters. The minimum Gasteiger partial charge on any atom is -0.426 e. The van der Waals surface area contributed by atoms with E-state index in [0.29, 0.717) is 17.8 Å². The minimum atomic E-state index is -1.70. The van der Waals surface area contributed by atoms with Crippen LogP contribution in [-0.4, -0.2) is 57.8 Å². The van der Waals surface area contributed by atoms with Crippen LogP contribution in [0.4, 0.5) is 0 Å². The molecule has 176 valence electrons. The monoisotopic (exact) mass is 472 g/mol. The summed E-state index contributed by atoms with van der Waals surface area (Å²) in [7, 11) is -1.70. The Kier molecular flexibility index (Phi) is 8.22. The van der Waals surface area contributed by atoms with Crippen molar-refractivity contribution in [3.8, 4) is 0 Å². The molecule has 2 aromatic rings. The average molecular weight is 472 g/mol. The van der Waals surface area contributed by atoms with Gasteiger partial charge in [-0.3, -0.25) is 9.59 Å². The van der Waals surface area contributed by atoms with Crippen LogP contribution in [0.25, 0.3) is 0 Å². The maximum atomic E-state index is 13.3. The van der Waals surface area contributed by atoms with Crippen molar-refractivity contribution >= 4 is 36.0 Å². The Labute approximate surface area is 197 Å². The molecular formula is C22H29BN4O5S. The molecule has 11 heteroatoms. The molecule has 1 aromatic carbocycles. The van der Waals surface area contributed by atoms with Gasteiger partial charge in [-0.2, -0.15) is 0 Å². The zero-order valence-corrected chi connectivity index (χ0v) is 19.8. The smallest absolute Gasteiger partial charge is 0.426 e. The van der Waals surface area contributed by atoms with Crippen LogP contribution in [0.15, 0.2) is 40.9 Å². The number of hydrogen-bond acceptors (Lipinski definition) is 8. The van der Waals surface area contributed by atoms with E-state index in [1.807, 2.05) is 51.1 Å². The lowest BCUT2D eigenvalue weighted by atomic mass is 9.74. The second kappa shape index (κ2) is 10.9. The molecule has 0 bridgehead atoms. The molecule has 0 spiro atoms. The first-order valence-electron chi connectivity index (χ1n) is 10.8. The van der Waals surface area contributed by atoms with Crippen molar-refractivity contribution in [1.82, 2.24) is 15.6 Å². The summed E-state index contributed by atoms with van der Waals surface area (Å²) in [6, 6.07) is 9.38. The SMILES string of the molecule is Cc1nc(C(=O)NCC2=NOC(Cc3ccccc3)(C(=O)NC(CC(C)C)B(O)O)C2)cs1. The lowest BCUT2D eigenvalue weighted by Crippen LogP contribution is -2.56. The quantitative estimate of drug-likeness (QED) is 0.387. The second-order valence-corrected chi connectivity index (χ2v) is 9.70. The number of carbonyl (C=O) groups is 2. The molecule has 2 heterocycles. The number of benzene rings is 1. The van der Waals surface area contributed by atoms with E-state index in [2.05, 4.69) is 20.8 Å². The summed E-state index contributed by atoms with van der Waals surface area (Å²) in [6.45, 7) is 5.79. The van der Waals surface area contributed by atoms with Gasteiger partial charge in [0.25, 0.3) is 11.8 Å². The molecule has 0 saturated heterocycles. The Morgan fingerprint density at radius 3 is 2.61 bits per heavy atom. The number of amides is 2. The highest BCUT2D eigenvalue weighted by molar-refractivity contribution is 7.09. The fourth-order valence-electron chi connectivity index (χ4n) is 3.67. The fraction of sp³-hybridized carbons (Fsp3) is 0.455. The van der Waals surface area contributed by atoms with Gasteiger partial charge >= 0.3 is 7.12 Å². The minimum absolute atomic E-state index is 0.108. The molecule has 1 aromatic heterocycles. The van der Waals surface area contributed by atoms with E-state index in [0.717, 1.165) is 10.6 Å². The van der Waals surface area contributed by atoms with Gasteiger partial charge < -0.3 is 25.5 Å². The molecule has 1 aliphatic heterocycles. The first kappa shape index (κ1) is 24.9. The van der Waals surface area contributed by atoms with Crippen molar-refractivity contribution < 1.29 is 24.5 Å². The van der Waals surface area contributed by atoms with Gasteiger partial charge in [-0.1, -0.05) is 49.3 Å². The molecule has 4 N–H and O–H groups in total. The van der Waals surface area contributed by atoms with Crippen LogP contribution in [0.5, 0.6) is 0 Å². The molecule has 33 heavy (non-hydrogen) atoms. The fourth-order valence-corrected chi connectivity index (χ4v) is 4.26. The van der Waals surface area contributed by atoms with E-state index in [-0.39, 0.29) is 31.2 Å². The van der Waals surface area contributed by atoms with Gasteiger partial charge in [0.1, 0.15) is 5.69 Å². The van der Waals surface area contributed by atoms with Gasteiger partial charge in [-0.25, -0.2) is 4.98 Å². The van der Waals surface area contributed by atoms with Crippen LogP contribution in [-0.2, 0) is 16.1 Å². The number of thiazole rings is 1. The van der Waals surface area contributed by atoms with Crippen molar-refractivity contribution in [2.24, 2.45) is 11.1 Å². The molecule has 0 fully saturated rings. The number of nitrogens with zero attached hydrogens (tertiary/aromatic N) is 2. The molecule has 2 atom stereocenters. The Morgan fingerprint density at radius 1 is 1.27 bits per heavy atom. The Hall–Kier alpha value is -2.76. The molecule has 2 amide bonds. The average Bonchev–Trinajstić information content (AvgIpc) is 3.39. The third kappa shape index (κ3) is 6.62. The Morgan fingerprint density at radius 2 is 2.00 bits per heavy atom. The van der Waals surface area contributed by atoms with E-state index >= 15 is 0 Å². The lowest BCUT2D eigenvalue weighted by molar-refractivity contribution is -0.144. The van der Waals surface area contributed by atoms with Gasteiger partial charge in [0.05, 0.1) is 23.2 Å². The van der Waals surface area contributed by atoms with Gasteiger partial charge in [0, 0.05) is 18.2 Å². The second-order valence-electron chi connectivity index (χ2n) is 8.64. The topological polar surface area (TPSA) is 133 Å². The molecule has 0 radical (unpaired) electrons. The van der Waals surface area contributed by atoms with Crippen molar-refractivity contribution in [2.75, 3.05) is 6.54 Å². The highest BCUT2D eigenvalue weighted by atomic mass is 32.1. The van der Waals surface area contributed by atoms with Crippen LogP contribution < -0.4 is 10.6 Å². The van der Waals surface area contributed by atoms with E-state index < -0.39 is 24.6 Å². The maximum Gasteiger partial charge on any atom is 0.475 e. The Balaban J connectivity index is 1.72. The van der Waals surface area contributed by atoms with Crippen molar-refractivity contribution in [1.29, 1.82) is 0 Å². The number of aromatic nitrogens is 1. The van der Waals surface area contributed by atoms with Crippen LogP contribution >= 0.6 is 11.3 Å². The number of carbonyl (C=O) groups excluding carboxylic acids is 2. The number of hydrogen-bond donors (Lipinski definition) is 4. The molecule has 0 saturated carbocycles. The molecular weight excluding hydrogens is 443 g/mol. The molecule has 1 aliphatic rings. The van der Waals surface area contributed by atoms with Crippen LogP contribution in [0.3, 0.4) is 0 Å². The highest BCUT2D eigenvalue weighted by Gasteiger charge is 2.48. The van der Waals surface area contributed by atoms with Gasteiger partial charge in [-0.15, -0.1) is 11.3 Å². The third-order valence-corrected chi connectivity index (χ3v) is 6.07. The lowest BCUT2D eigenvalue weighted by Gasteiger charge is -2.29. The van der Waals surface area contributed by atoms with E-state index in [4.69, 9.17) is 4.84 Å². The van der Waals surface area contributed by atoms with Crippen LogP contribution in [0.2, 0.25) is 0 Å². The normalized spacial score (nSPS) is 18.4. The maximum absolute atomic E-state index is 13.3. The zero-order valence-electron chi connectivity index (χ0n) is 18.9. The molecule has 9 nitrogen and oxygen atoms in total. The number of nitrogens with one attached hydrogen (secondary N) is 2. The molecule has 0 aliphatic carbocycles. The van der Waals surface area contributed by atoms with Crippen molar-refractivity contribution in [2.45, 2.75) is 51.6 Å². The highest BCUT2D eigenvalue weighted by Crippen LogP contribution is 2.29. The van der Waals surface area contributed by atoms with E-state index in [9.17, 15) is 19.6 Å².